The molecule has 1 N–H and O–H groups in total. The highest BCUT2D eigenvalue weighted by atomic mass is 79.9. The minimum Gasteiger partial charge on any atom is -0.376 e. The SMILES string of the molecule is O=C(NC[C@H]1CCCO1)c1cc(Br)cs1. The number of carbonyl (C=O) groups excluding carboxylic acids is 1. The molecule has 0 aliphatic carbocycles. The summed E-state index contributed by atoms with van der Waals surface area (Å²) in [7, 11) is 0. The first-order valence-corrected chi connectivity index (χ1v) is 6.57. The van der Waals surface area contributed by atoms with Crippen LogP contribution in [0, 0.1) is 0 Å². The molecule has 1 fully saturated rings. The number of amides is 1. The van der Waals surface area contributed by atoms with E-state index in [1.165, 1.54) is 11.3 Å². The first-order chi connectivity index (χ1) is 7.25. The van der Waals surface area contributed by atoms with Gasteiger partial charge in [-0.15, -0.1) is 11.3 Å². The van der Waals surface area contributed by atoms with Crippen LogP contribution in [-0.4, -0.2) is 25.2 Å². The van der Waals surface area contributed by atoms with Gasteiger partial charge in [0.2, 0.25) is 0 Å². The van der Waals surface area contributed by atoms with Crippen molar-refractivity contribution in [1.29, 1.82) is 0 Å². The minimum absolute atomic E-state index is 0.0128. The van der Waals surface area contributed by atoms with Crippen LogP contribution in [-0.2, 0) is 4.74 Å². The van der Waals surface area contributed by atoms with Crippen LogP contribution in [0.4, 0.5) is 0 Å². The van der Waals surface area contributed by atoms with E-state index in [1.807, 2.05) is 11.4 Å². The van der Waals surface area contributed by atoms with Crippen molar-refractivity contribution in [3.8, 4) is 0 Å². The molecule has 82 valence electrons. The quantitative estimate of drug-likeness (QED) is 0.928. The van der Waals surface area contributed by atoms with Crippen LogP contribution in [0.1, 0.15) is 22.5 Å². The van der Waals surface area contributed by atoms with Crippen molar-refractivity contribution in [3.05, 3.63) is 20.8 Å². The number of ether oxygens (including phenoxy) is 1. The van der Waals surface area contributed by atoms with E-state index in [-0.39, 0.29) is 12.0 Å². The van der Waals surface area contributed by atoms with Gasteiger partial charge in [-0.25, -0.2) is 0 Å². The van der Waals surface area contributed by atoms with Gasteiger partial charge in [-0.2, -0.15) is 0 Å². The summed E-state index contributed by atoms with van der Waals surface area (Å²) >= 11 is 4.76. The molecule has 0 spiro atoms. The highest BCUT2D eigenvalue weighted by Gasteiger charge is 2.17. The number of halogens is 1. The van der Waals surface area contributed by atoms with Crippen LogP contribution in [0.2, 0.25) is 0 Å². The lowest BCUT2D eigenvalue weighted by molar-refractivity contribution is 0.0861. The molecule has 1 saturated heterocycles. The molecule has 0 unspecified atom stereocenters. The summed E-state index contributed by atoms with van der Waals surface area (Å²) in [4.78, 5) is 12.4. The summed E-state index contributed by atoms with van der Waals surface area (Å²) < 4.78 is 6.38. The van der Waals surface area contributed by atoms with Crippen LogP contribution >= 0.6 is 27.3 Å². The molecule has 0 bridgehead atoms. The zero-order valence-corrected chi connectivity index (χ0v) is 10.6. The smallest absolute Gasteiger partial charge is 0.261 e. The van der Waals surface area contributed by atoms with Crippen molar-refractivity contribution < 1.29 is 9.53 Å². The maximum atomic E-state index is 11.6. The molecule has 0 saturated carbocycles. The molecular weight excluding hydrogens is 278 g/mol. The number of hydrogen-bond acceptors (Lipinski definition) is 3. The Labute approximate surface area is 101 Å². The Kier molecular flexibility index (Phi) is 3.77. The van der Waals surface area contributed by atoms with Gasteiger partial charge in [-0.3, -0.25) is 4.79 Å². The predicted molar refractivity (Wildman–Crippen MR) is 63.3 cm³/mol. The lowest BCUT2D eigenvalue weighted by Gasteiger charge is -2.09. The second kappa shape index (κ2) is 5.09. The lowest BCUT2D eigenvalue weighted by Crippen LogP contribution is -2.31. The fraction of sp³-hybridized carbons (Fsp3) is 0.500. The first kappa shape index (κ1) is 11.1. The average Bonchev–Trinajstić information content (AvgIpc) is 2.84. The van der Waals surface area contributed by atoms with Crippen molar-refractivity contribution in [1.82, 2.24) is 5.32 Å². The first-order valence-electron chi connectivity index (χ1n) is 4.89. The Hall–Kier alpha value is -0.390. The standard InChI is InChI=1S/C10H12BrNO2S/c11-7-4-9(15-6-7)10(13)12-5-8-2-1-3-14-8/h4,6,8H,1-3,5H2,(H,12,13)/t8-/m1/s1. The summed E-state index contributed by atoms with van der Waals surface area (Å²) in [5, 5.41) is 4.78. The van der Waals surface area contributed by atoms with Crippen LogP contribution in [0.25, 0.3) is 0 Å². The highest BCUT2D eigenvalue weighted by Crippen LogP contribution is 2.19. The predicted octanol–water partition coefficient (Wildman–Crippen LogP) is 2.42. The van der Waals surface area contributed by atoms with Gasteiger partial charge in [0.15, 0.2) is 0 Å². The summed E-state index contributed by atoms with van der Waals surface area (Å²) in [6.45, 7) is 1.44. The molecule has 1 aliphatic rings. The van der Waals surface area contributed by atoms with E-state index in [2.05, 4.69) is 21.2 Å². The normalized spacial score (nSPS) is 20.5. The van der Waals surface area contributed by atoms with E-state index in [0.29, 0.717) is 6.54 Å². The number of rotatable bonds is 3. The lowest BCUT2D eigenvalue weighted by atomic mass is 10.2. The summed E-state index contributed by atoms with van der Waals surface area (Å²) in [5.41, 5.74) is 0. The number of nitrogens with one attached hydrogen (secondary N) is 1. The van der Waals surface area contributed by atoms with Gasteiger partial charge in [-0.05, 0) is 34.8 Å². The van der Waals surface area contributed by atoms with Gasteiger partial charge in [0.05, 0.1) is 11.0 Å². The molecule has 1 aromatic rings. The Morgan fingerprint density at radius 2 is 2.60 bits per heavy atom. The molecule has 2 rings (SSSR count). The maximum absolute atomic E-state index is 11.6. The molecule has 1 atom stereocenters. The van der Waals surface area contributed by atoms with Gasteiger partial charge in [0.25, 0.3) is 5.91 Å². The van der Waals surface area contributed by atoms with Crippen molar-refractivity contribution in [2.24, 2.45) is 0 Å². The molecule has 1 aromatic heterocycles. The Balaban J connectivity index is 1.81. The number of hydrogen-bond donors (Lipinski definition) is 1. The molecule has 0 radical (unpaired) electrons. The number of thiophene rings is 1. The second-order valence-corrected chi connectivity index (χ2v) is 5.30. The molecule has 0 aromatic carbocycles. The van der Waals surface area contributed by atoms with E-state index in [4.69, 9.17) is 4.74 Å². The van der Waals surface area contributed by atoms with Crippen molar-refractivity contribution in [2.45, 2.75) is 18.9 Å². The largest absolute Gasteiger partial charge is 0.376 e. The zero-order valence-electron chi connectivity index (χ0n) is 8.16. The van der Waals surface area contributed by atoms with Gasteiger partial charge in [0.1, 0.15) is 0 Å². The summed E-state index contributed by atoms with van der Waals surface area (Å²) in [5.74, 6) is -0.0128. The third-order valence-corrected chi connectivity index (χ3v) is 4.00. The van der Waals surface area contributed by atoms with E-state index >= 15 is 0 Å². The Bertz CT molecular complexity index is 347. The second-order valence-electron chi connectivity index (χ2n) is 3.47. The average molecular weight is 290 g/mol. The molecule has 3 nitrogen and oxygen atoms in total. The van der Waals surface area contributed by atoms with E-state index < -0.39 is 0 Å². The van der Waals surface area contributed by atoms with Crippen molar-refractivity contribution >= 4 is 33.2 Å². The van der Waals surface area contributed by atoms with Crippen LogP contribution in [0.5, 0.6) is 0 Å². The fourth-order valence-corrected chi connectivity index (χ4v) is 2.87. The third kappa shape index (κ3) is 3.03. The molecule has 1 aliphatic heterocycles. The number of carbonyl (C=O) groups is 1. The van der Waals surface area contributed by atoms with Gasteiger partial charge in [-0.1, -0.05) is 0 Å². The molecule has 1 amide bonds. The fourth-order valence-electron chi connectivity index (χ4n) is 1.53. The molecule has 15 heavy (non-hydrogen) atoms. The van der Waals surface area contributed by atoms with Gasteiger partial charge < -0.3 is 10.1 Å². The molecular formula is C10H12BrNO2S. The van der Waals surface area contributed by atoms with Crippen LogP contribution < -0.4 is 5.32 Å². The highest BCUT2D eigenvalue weighted by molar-refractivity contribution is 9.10. The van der Waals surface area contributed by atoms with Gasteiger partial charge in [0, 0.05) is 23.0 Å². The van der Waals surface area contributed by atoms with E-state index in [1.54, 1.807) is 0 Å². The Morgan fingerprint density at radius 3 is 3.20 bits per heavy atom. The van der Waals surface area contributed by atoms with Crippen molar-refractivity contribution in [3.63, 3.8) is 0 Å². The molecule has 2 heterocycles. The van der Waals surface area contributed by atoms with E-state index in [9.17, 15) is 4.79 Å². The molecule has 5 heteroatoms. The van der Waals surface area contributed by atoms with Crippen LogP contribution in [0.15, 0.2) is 15.9 Å². The summed E-state index contributed by atoms with van der Waals surface area (Å²) in [6.07, 6.45) is 2.36. The van der Waals surface area contributed by atoms with Gasteiger partial charge >= 0.3 is 0 Å². The monoisotopic (exact) mass is 289 g/mol. The summed E-state index contributed by atoms with van der Waals surface area (Å²) in [6, 6.07) is 1.83. The van der Waals surface area contributed by atoms with Crippen LogP contribution in [0.3, 0.4) is 0 Å². The minimum atomic E-state index is -0.0128. The third-order valence-electron chi connectivity index (χ3n) is 2.31. The maximum Gasteiger partial charge on any atom is 0.261 e. The van der Waals surface area contributed by atoms with Crippen molar-refractivity contribution in [2.75, 3.05) is 13.2 Å². The topological polar surface area (TPSA) is 38.3 Å². The van der Waals surface area contributed by atoms with E-state index in [0.717, 1.165) is 28.8 Å². The Morgan fingerprint density at radius 1 is 1.73 bits per heavy atom. The zero-order chi connectivity index (χ0) is 10.7.